The number of nitrogens with two attached hydrogens (primary N) is 1. The Kier molecular flexibility index (Phi) is 4.19. The van der Waals surface area contributed by atoms with E-state index in [-0.39, 0.29) is 22.8 Å². The van der Waals surface area contributed by atoms with Crippen LogP contribution in [0.3, 0.4) is 0 Å². The lowest BCUT2D eigenvalue weighted by atomic mass is 10.1. The molecule has 2 rings (SSSR count). The number of carbonyl (C=O) groups excluding carboxylic acids is 1. The fourth-order valence-corrected chi connectivity index (χ4v) is 2.40. The lowest BCUT2D eigenvalue weighted by Crippen LogP contribution is -2.30. The number of hydrogen-bond donors (Lipinski definition) is 1. The normalized spacial score (nSPS) is 18.2. The van der Waals surface area contributed by atoms with Crippen LogP contribution in [0.25, 0.3) is 0 Å². The first-order valence-electron chi connectivity index (χ1n) is 6.35. The molecule has 0 saturated carbocycles. The number of nitro benzene ring substituents is 1. The van der Waals surface area contributed by atoms with Gasteiger partial charge in [0.1, 0.15) is 0 Å². The van der Waals surface area contributed by atoms with E-state index < -0.39 is 4.92 Å². The van der Waals surface area contributed by atoms with Gasteiger partial charge in [0.15, 0.2) is 0 Å². The van der Waals surface area contributed by atoms with Gasteiger partial charge in [0.2, 0.25) is 0 Å². The molecule has 20 heavy (non-hydrogen) atoms. The van der Waals surface area contributed by atoms with E-state index >= 15 is 0 Å². The van der Waals surface area contributed by atoms with Gasteiger partial charge in [-0.2, -0.15) is 0 Å². The summed E-state index contributed by atoms with van der Waals surface area (Å²) in [4.78, 5) is 24.3. The van der Waals surface area contributed by atoms with Crippen LogP contribution in [0, 0.1) is 16.0 Å². The van der Waals surface area contributed by atoms with Crippen LogP contribution >= 0.6 is 0 Å². The van der Waals surface area contributed by atoms with Crippen molar-refractivity contribution < 1.29 is 14.5 Å². The van der Waals surface area contributed by atoms with Crippen molar-refractivity contribution in [1.82, 2.24) is 4.90 Å². The highest BCUT2D eigenvalue weighted by Gasteiger charge is 2.28. The third-order valence-corrected chi connectivity index (χ3v) is 3.45. The molecule has 2 N–H and O–H groups in total. The maximum atomic E-state index is 12.4. The Balaban J connectivity index is 2.17. The van der Waals surface area contributed by atoms with Crippen molar-refractivity contribution in [3.63, 3.8) is 0 Å². The molecule has 7 nitrogen and oxygen atoms in total. The van der Waals surface area contributed by atoms with E-state index in [1.165, 1.54) is 18.2 Å². The SMILES string of the molecule is COCC1CCN(C(=O)c2cc([N+](=O)[O-])ccc2N)C1. The van der Waals surface area contributed by atoms with Gasteiger partial charge in [-0.25, -0.2) is 0 Å². The second-order valence-electron chi connectivity index (χ2n) is 4.89. The summed E-state index contributed by atoms with van der Waals surface area (Å²) in [5, 5.41) is 10.8. The van der Waals surface area contributed by atoms with Crippen LogP contribution in [0.5, 0.6) is 0 Å². The van der Waals surface area contributed by atoms with Crippen LogP contribution < -0.4 is 5.73 Å². The highest BCUT2D eigenvalue weighted by Crippen LogP contribution is 2.24. The van der Waals surface area contributed by atoms with Crippen molar-refractivity contribution >= 4 is 17.3 Å². The molecule has 0 aliphatic carbocycles. The third kappa shape index (κ3) is 2.88. The number of hydrogen-bond acceptors (Lipinski definition) is 5. The van der Waals surface area contributed by atoms with Gasteiger partial charge in [0, 0.05) is 43.9 Å². The predicted octanol–water partition coefficient (Wildman–Crippen LogP) is 1.29. The van der Waals surface area contributed by atoms with Crippen molar-refractivity contribution in [3.05, 3.63) is 33.9 Å². The fourth-order valence-electron chi connectivity index (χ4n) is 2.40. The minimum absolute atomic E-state index is 0.129. The lowest BCUT2D eigenvalue weighted by molar-refractivity contribution is -0.384. The molecule has 7 heteroatoms. The number of anilines is 1. The van der Waals surface area contributed by atoms with Gasteiger partial charge < -0.3 is 15.4 Å². The van der Waals surface area contributed by atoms with Crippen molar-refractivity contribution in [2.24, 2.45) is 5.92 Å². The molecule has 0 radical (unpaired) electrons. The molecule has 1 atom stereocenters. The smallest absolute Gasteiger partial charge is 0.270 e. The second kappa shape index (κ2) is 5.87. The summed E-state index contributed by atoms with van der Waals surface area (Å²) >= 11 is 0. The Labute approximate surface area is 116 Å². The monoisotopic (exact) mass is 279 g/mol. The van der Waals surface area contributed by atoms with Gasteiger partial charge in [0.25, 0.3) is 11.6 Å². The van der Waals surface area contributed by atoms with Crippen LogP contribution in [0.2, 0.25) is 0 Å². The summed E-state index contributed by atoms with van der Waals surface area (Å²) in [6, 6.07) is 3.93. The fraction of sp³-hybridized carbons (Fsp3) is 0.462. The number of carbonyl (C=O) groups is 1. The molecule has 1 aromatic carbocycles. The van der Waals surface area contributed by atoms with E-state index in [4.69, 9.17) is 10.5 Å². The Morgan fingerprint density at radius 1 is 1.60 bits per heavy atom. The summed E-state index contributed by atoms with van der Waals surface area (Å²) in [5.74, 6) is 0.0497. The quantitative estimate of drug-likeness (QED) is 0.508. The summed E-state index contributed by atoms with van der Waals surface area (Å²) in [6.07, 6.45) is 0.869. The number of methoxy groups -OCH3 is 1. The minimum Gasteiger partial charge on any atom is -0.398 e. The molecular formula is C13H17N3O4. The molecule has 1 aliphatic heterocycles. The number of ether oxygens (including phenoxy) is 1. The highest BCUT2D eigenvalue weighted by molar-refractivity contribution is 5.99. The molecule has 1 amide bonds. The summed E-state index contributed by atoms with van der Waals surface area (Å²) in [6.45, 7) is 1.82. The topological polar surface area (TPSA) is 98.7 Å². The van der Waals surface area contributed by atoms with E-state index in [1.54, 1.807) is 12.0 Å². The standard InChI is InChI=1S/C13H17N3O4/c1-20-8-9-4-5-15(7-9)13(17)11-6-10(16(18)19)2-3-12(11)14/h2-3,6,9H,4-5,7-8,14H2,1H3. The average molecular weight is 279 g/mol. The van der Waals surface area contributed by atoms with E-state index in [0.29, 0.717) is 25.6 Å². The number of nitrogens with zero attached hydrogens (tertiary/aromatic N) is 2. The number of likely N-dealkylation sites (tertiary alicyclic amines) is 1. The van der Waals surface area contributed by atoms with Gasteiger partial charge in [-0.1, -0.05) is 0 Å². The van der Waals surface area contributed by atoms with Gasteiger partial charge in [-0.15, -0.1) is 0 Å². The van der Waals surface area contributed by atoms with Crippen molar-refractivity contribution in [2.45, 2.75) is 6.42 Å². The summed E-state index contributed by atoms with van der Waals surface area (Å²) < 4.78 is 5.08. The maximum absolute atomic E-state index is 12.4. The molecule has 0 bridgehead atoms. The Morgan fingerprint density at radius 2 is 2.35 bits per heavy atom. The number of amides is 1. The van der Waals surface area contributed by atoms with Gasteiger partial charge in [0.05, 0.1) is 17.1 Å². The summed E-state index contributed by atoms with van der Waals surface area (Å²) in [7, 11) is 1.63. The van der Waals surface area contributed by atoms with Crippen LogP contribution in [0.1, 0.15) is 16.8 Å². The van der Waals surface area contributed by atoms with Crippen LogP contribution in [-0.4, -0.2) is 42.5 Å². The maximum Gasteiger partial charge on any atom is 0.270 e. The second-order valence-corrected chi connectivity index (χ2v) is 4.89. The van der Waals surface area contributed by atoms with Crippen molar-refractivity contribution in [2.75, 3.05) is 32.5 Å². The number of nitro groups is 1. The van der Waals surface area contributed by atoms with E-state index in [0.717, 1.165) is 6.42 Å². The minimum atomic E-state index is -0.534. The molecule has 1 aromatic rings. The number of rotatable bonds is 4. The Hall–Kier alpha value is -2.15. The molecule has 1 saturated heterocycles. The number of nitrogen functional groups attached to an aromatic ring is 1. The van der Waals surface area contributed by atoms with Gasteiger partial charge in [-0.3, -0.25) is 14.9 Å². The van der Waals surface area contributed by atoms with E-state index in [1.807, 2.05) is 0 Å². The molecule has 108 valence electrons. The van der Waals surface area contributed by atoms with E-state index in [9.17, 15) is 14.9 Å². The lowest BCUT2D eigenvalue weighted by Gasteiger charge is -2.17. The molecule has 0 aromatic heterocycles. The van der Waals surface area contributed by atoms with Crippen LogP contribution in [-0.2, 0) is 4.74 Å². The third-order valence-electron chi connectivity index (χ3n) is 3.45. The Bertz CT molecular complexity index is 532. The van der Waals surface area contributed by atoms with Crippen LogP contribution in [0.15, 0.2) is 18.2 Å². The highest BCUT2D eigenvalue weighted by atomic mass is 16.6. The molecule has 1 aliphatic rings. The molecule has 0 spiro atoms. The zero-order valence-electron chi connectivity index (χ0n) is 11.2. The van der Waals surface area contributed by atoms with Crippen LogP contribution in [0.4, 0.5) is 11.4 Å². The summed E-state index contributed by atoms with van der Waals surface area (Å²) in [5.41, 5.74) is 6.08. The molecule has 1 unspecified atom stereocenters. The largest absolute Gasteiger partial charge is 0.398 e. The molecule has 1 heterocycles. The zero-order valence-corrected chi connectivity index (χ0v) is 11.2. The number of non-ortho nitro benzene ring substituents is 1. The number of benzene rings is 1. The average Bonchev–Trinajstić information content (AvgIpc) is 2.87. The van der Waals surface area contributed by atoms with Crippen molar-refractivity contribution in [1.29, 1.82) is 0 Å². The molecular weight excluding hydrogens is 262 g/mol. The predicted molar refractivity (Wildman–Crippen MR) is 73.4 cm³/mol. The first-order valence-corrected chi connectivity index (χ1v) is 6.35. The van der Waals surface area contributed by atoms with Gasteiger partial charge in [-0.05, 0) is 12.5 Å². The first-order chi connectivity index (χ1) is 9.52. The zero-order chi connectivity index (χ0) is 14.7. The van der Waals surface area contributed by atoms with Crippen molar-refractivity contribution in [3.8, 4) is 0 Å². The van der Waals surface area contributed by atoms with Gasteiger partial charge >= 0.3 is 0 Å². The molecule has 1 fully saturated rings. The first kappa shape index (κ1) is 14.3. The van der Waals surface area contributed by atoms with E-state index in [2.05, 4.69) is 0 Å². The Morgan fingerprint density at radius 3 is 3.00 bits per heavy atom.